The number of rotatable bonds is 4. The molecule has 3 rings (SSSR count). The zero-order valence-corrected chi connectivity index (χ0v) is 13.7. The van der Waals surface area contributed by atoms with Gasteiger partial charge in [-0.1, -0.05) is 0 Å². The van der Waals surface area contributed by atoms with Crippen LogP contribution in [0.5, 0.6) is 0 Å². The van der Waals surface area contributed by atoms with E-state index in [-0.39, 0.29) is 11.5 Å². The van der Waals surface area contributed by atoms with E-state index in [1.165, 1.54) is 16.7 Å². The Bertz CT molecular complexity index is 726. The van der Waals surface area contributed by atoms with Crippen LogP contribution < -0.4 is 0 Å². The van der Waals surface area contributed by atoms with Crippen molar-refractivity contribution in [3.8, 4) is 0 Å². The van der Waals surface area contributed by atoms with Crippen LogP contribution in [0.3, 0.4) is 0 Å². The van der Waals surface area contributed by atoms with Crippen LogP contribution in [0.25, 0.3) is 0 Å². The minimum atomic E-state index is -1.14. The fraction of sp³-hybridized carbons (Fsp3) is 0.438. The van der Waals surface area contributed by atoms with Crippen molar-refractivity contribution >= 4 is 29.4 Å². The summed E-state index contributed by atoms with van der Waals surface area (Å²) in [4.78, 5) is 37.2. The molecule has 2 fully saturated rings. The van der Waals surface area contributed by atoms with Gasteiger partial charge in [0.15, 0.2) is 24.0 Å². The standard InChI is InChI=1S/C16H15F2NO4S/c1-16-5-4-14(21)19(16)12(8-24-16)15(22)23-7-13(20)9-2-3-10(17)11(18)6-9/h2-3,6,12H,4-5,7-8H2,1H3/t12-,16+/m1/s1. The van der Waals surface area contributed by atoms with Crippen LogP contribution in [0.15, 0.2) is 18.2 Å². The van der Waals surface area contributed by atoms with E-state index in [1.807, 2.05) is 6.92 Å². The van der Waals surface area contributed by atoms with Gasteiger partial charge in [-0.25, -0.2) is 13.6 Å². The van der Waals surface area contributed by atoms with Gasteiger partial charge in [-0.05, 0) is 31.5 Å². The third-order valence-electron chi connectivity index (χ3n) is 4.30. The Morgan fingerprint density at radius 2 is 2.12 bits per heavy atom. The summed E-state index contributed by atoms with van der Waals surface area (Å²) in [5.74, 6) is -3.17. The summed E-state index contributed by atoms with van der Waals surface area (Å²) in [7, 11) is 0. The van der Waals surface area contributed by atoms with Crippen molar-refractivity contribution in [3.05, 3.63) is 35.4 Å². The number of amides is 1. The summed E-state index contributed by atoms with van der Waals surface area (Å²) >= 11 is 1.52. The van der Waals surface area contributed by atoms with Gasteiger partial charge in [-0.3, -0.25) is 9.59 Å². The van der Waals surface area contributed by atoms with E-state index >= 15 is 0 Å². The lowest BCUT2D eigenvalue weighted by molar-refractivity contribution is -0.152. The molecular formula is C16H15F2NO4S. The summed E-state index contributed by atoms with van der Waals surface area (Å²) in [6, 6.07) is 2.01. The summed E-state index contributed by atoms with van der Waals surface area (Å²) in [5, 5.41) is 0. The fourth-order valence-electron chi connectivity index (χ4n) is 2.98. The number of ketones is 1. The second-order valence-electron chi connectivity index (χ2n) is 5.93. The smallest absolute Gasteiger partial charge is 0.330 e. The van der Waals surface area contributed by atoms with Gasteiger partial charge in [0, 0.05) is 17.7 Å². The third kappa shape index (κ3) is 2.90. The first-order valence-corrected chi connectivity index (χ1v) is 8.41. The molecular weight excluding hydrogens is 340 g/mol. The number of carbonyl (C=O) groups is 3. The van der Waals surface area contributed by atoms with Gasteiger partial charge in [-0.2, -0.15) is 0 Å². The Kier molecular flexibility index (Phi) is 4.33. The quantitative estimate of drug-likeness (QED) is 0.612. The number of benzene rings is 1. The number of esters is 1. The molecule has 128 valence electrons. The Morgan fingerprint density at radius 3 is 2.83 bits per heavy atom. The highest BCUT2D eigenvalue weighted by atomic mass is 32.2. The van der Waals surface area contributed by atoms with Gasteiger partial charge >= 0.3 is 5.97 Å². The molecule has 5 nitrogen and oxygen atoms in total. The van der Waals surface area contributed by atoms with Crippen molar-refractivity contribution in [1.82, 2.24) is 4.90 Å². The Balaban J connectivity index is 1.62. The highest BCUT2D eigenvalue weighted by molar-refractivity contribution is 8.01. The van der Waals surface area contributed by atoms with E-state index in [9.17, 15) is 23.2 Å². The molecule has 0 N–H and O–H groups in total. The predicted molar refractivity (Wildman–Crippen MR) is 82.4 cm³/mol. The number of thioether (sulfide) groups is 1. The molecule has 1 aromatic rings. The average molecular weight is 355 g/mol. The monoisotopic (exact) mass is 355 g/mol. The molecule has 2 atom stereocenters. The van der Waals surface area contributed by atoms with Gasteiger partial charge in [-0.15, -0.1) is 11.8 Å². The predicted octanol–water partition coefficient (Wildman–Crippen LogP) is 2.14. The van der Waals surface area contributed by atoms with Crippen LogP contribution in [-0.4, -0.2) is 45.8 Å². The number of hydrogen-bond donors (Lipinski definition) is 0. The second kappa shape index (κ2) is 6.16. The maximum absolute atomic E-state index is 13.1. The third-order valence-corrected chi connectivity index (χ3v) is 5.81. The number of carbonyl (C=O) groups excluding carboxylic acids is 3. The first kappa shape index (κ1) is 16.9. The average Bonchev–Trinajstić information content (AvgIpc) is 3.04. The molecule has 2 saturated heterocycles. The molecule has 0 spiro atoms. The van der Waals surface area contributed by atoms with E-state index in [0.717, 1.165) is 18.2 Å². The van der Waals surface area contributed by atoms with Crippen molar-refractivity contribution in [2.45, 2.75) is 30.7 Å². The number of nitrogens with zero attached hydrogens (tertiary/aromatic N) is 1. The van der Waals surface area contributed by atoms with Crippen molar-refractivity contribution in [2.24, 2.45) is 0 Å². The van der Waals surface area contributed by atoms with E-state index in [2.05, 4.69) is 0 Å². The van der Waals surface area contributed by atoms with Crippen molar-refractivity contribution in [2.75, 3.05) is 12.4 Å². The summed E-state index contributed by atoms with van der Waals surface area (Å²) < 4.78 is 31.0. The van der Waals surface area contributed by atoms with Gasteiger partial charge in [0.1, 0.15) is 6.04 Å². The zero-order chi connectivity index (χ0) is 17.5. The van der Waals surface area contributed by atoms with E-state index in [4.69, 9.17) is 4.74 Å². The Morgan fingerprint density at radius 1 is 1.38 bits per heavy atom. The largest absolute Gasteiger partial charge is 0.456 e. The van der Waals surface area contributed by atoms with Crippen LogP contribution in [0.2, 0.25) is 0 Å². The minimum Gasteiger partial charge on any atom is -0.456 e. The van der Waals surface area contributed by atoms with Crippen LogP contribution in [0, 0.1) is 11.6 Å². The molecule has 2 heterocycles. The van der Waals surface area contributed by atoms with E-state index in [0.29, 0.717) is 18.6 Å². The van der Waals surface area contributed by atoms with Gasteiger partial charge < -0.3 is 9.64 Å². The number of Topliss-reactive ketones (excluding diaryl/α,β-unsaturated/α-hetero) is 1. The molecule has 0 aromatic heterocycles. The molecule has 0 saturated carbocycles. The molecule has 24 heavy (non-hydrogen) atoms. The van der Waals surface area contributed by atoms with Crippen LogP contribution in [-0.2, 0) is 14.3 Å². The summed E-state index contributed by atoms with van der Waals surface area (Å²) in [6.45, 7) is 1.33. The summed E-state index contributed by atoms with van der Waals surface area (Å²) in [5.41, 5.74) is -0.0791. The lowest BCUT2D eigenvalue weighted by atomic mass is 10.1. The van der Waals surface area contributed by atoms with Crippen LogP contribution in [0.1, 0.15) is 30.1 Å². The molecule has 8 heteroatoms. The van der Waals surface area contributed by atoms with Gasteiger partial charge in [0.05, 0.1) is 4.87 Å². The highest BCUT2D eigenvalue weighted by Gasteiger charge is 2.53. The molecule has 2 aliphatic heterocycles. The number of hydrogen-bond acceptors (Lipinski definition) is 5. The van der Waals surface area contributed by atoms with Crippen molar-refractivity contribution < 1.29 is 27.9 Å². The van der Waals surface area contributed by atoms with E-state index < -0.39 is 40.9 Å². The maximum atomic E-state index is 13.1. The van der Waals surface area contributed by atoms with Crippen molar-refractivity contribution in [1.29, 1.82) is 0 Å². The molecule has 0 radical (unpaired) electrons. The first-order chi connectivity index (χ1) is 11.3. The number of fused-ring (bicyclic) bond motifs is 1. The molecule has 0 aliphatic carbocycles. The normalized spacial score (nSPS) is 25.7. The van der Waals surface area contributed by atoms with E-state index in [1.54, 1.807) is 0 Å². The summed E-state index contributed by atoms with van der Waals surface area (Å²) in [6.07, 6.45) is 1.06. The molecule has 2 aliphatic rings. The molecule has 1 amide bonds. The first-order valence-electron chi connectivity index (χ1n) is 7.43. The molecule has 0 unspecified atom stereocenters. The molecule has 1 aromatic carbocycles. The number of ether oxygens (including phenoxy) is 1. The van der Waals surface area contributed by atoms with Crippen LogP contribution in [0.4, 0.5) is 8.78 Å². The van der Waals surface area contributed by atoms with Crippen molar-refractivity contribution in [3.63, 3.8) is 0 Å². The van der Waals surface area contributed by atoms with Gasteiger partial charge in [0.2, 0.25) is 5.91 Å². The van der Waals surface area contributed by atoms with Crippen LogP contribution >= 0.6 is 11.8 Å². The lowest BCUT2D eigenvalue weighted by Gasteiger charge is -2.29. The minimum absolute atomic E-state index is 0.0791. The maximum Gasteiger partial charge on any atom is 0.330 e. The Labute approximate surface area is 141 Å². The van der Waals surface area contributed by atoms with Gasteiger partial charge in [0.25, 0.3) is 0 Å². The number of halogens is 2. The fourth-order valence-corrected chi connectivity index (χ4v) is 4.40. The highest BCUT2D eigenvalue weighted by Crippen LogP contribution is 2.47. The topological polar surface area (TPSA) is 63.7 Å². The lowest BCUT2D eigenvalue weighted by Crippen LogP contribution is -2.46. The SMILES string of the molecule is C[C@]12CCC(=O)N1[C@@H](C(=O)OCC(=O)c1ccc(F)c(F)c1)CS2. The second-order valence-corrected chi connectivity index (χ2v) is 7.43. The zero-order valence-electron chi connectivity index (χ0n) is 12.9. The molecule has 0 bridgehead atoms. The Hall–Kier alpha value is -1.96.